The van der Waals surface area contributed by atoms with Crippen LogP contribution < -0.4 is 9.47 Å². The fourth-order valence-electron chi connectivity index (χ4n) is 1.68. The second-order valence-electron chi connectivity index (χ2n) is 4.37. The molecule has 0 aliphatic carbocycles. The van der Waals surface area contributed by atoms with E-state index in [9.17, 15) is 17.6 Å². The molecule has 2 rings (SSSR count). The maximum absolute atomic E-state index is 13.7. The van der Waals surface area contributed by atoms with Crippen molar-refractivity contribution in [2.75, 3.05) is 0 Å². The molecule has 6 heteroatoms. The molecule has 0 aliphatic rings. The minimum absolute atomic E-state index is 0.0483. The molecule has 2 nitrogen and oxygen atoms in total. The van der Waals surface area contributed by atoms with Crippen LogP contribution in [0, 0.1) is 12.7 Å². The Labute approximate surface area is 118 Å². The number of hydrogen-bond acceptors (Lipinski definition) is 2. The Morgan fingerprint density at radius 1 is 1.00 bits per heavy atom. The van der Waals surface area contributed by atoms with Crippen molar-refractivity contribution < 1.29 is 27.0 Å². The highest BCUT2D eigenvalue weighted by atomic mass is 19.4. The Morgan fingerprint density at radius 2 is 1.67 bits per heavy atom. The van der Waals surface area contributed by atoms with E-state index in [-0.39, 0.29) is 18.1 Å². The first-order valence-corrected chi connectivity index (χ1v) is 6.08. The van der Waals surface area contributed by atoms with Gasteiger partial charge in [-0.05, 0) is 36.2 Å². The first-order valence-electron chi connectivity index (χ1n) is 6.08. The Hall–Kier alpha value is -2.24. The van der Waals surface area contributed by atoms with Gasteiger partial charge in [-0.3, -0.25) is 0 Å². The van der Waals surface area contributed by atoms with E-state index in [0.29, 0.717) is 11.1 Å². The number of hydrogen-bond donors (Lipinski definition) is 0. The van der Waals surface area contributed by atoms with Gasteiger partial charge in [-0.15, -0.1) is 13.2 Å². The molecule has 0 aliphatic heterocycles. The average molecular weight is 300 g/mol. The average Bonchev–Trinajstić information content (AvgIpc) is 2.40. The summed E-state index contributed by atoms with van der Waals surface area (Å²) < 4.78 is 58.8. The highest BCUT2D eigenvalue weighted by molar-refractivity contribution is 5.31. The lowest BCUT2D eigenvalue weighted by Gasteiger charge is -2.10. The van der Waals surface area contributed by atoms with E-state index in [1.54, 1.807) is 19.1 Å². The van der Waals surface area contributed by atoms with E-state index in [4.69, 9.17) is 4.74 Å². The Morgan fingerprint density at radius 3 is 2.29 bits per heavy atom. The monoisotopic (exact) mass is 300 g/mol. The van der Waals surface area contributed by atoms with Gasteiger partial charge < -0.3 is 9.47 Å². The molecule has 0 bridgehead atoms. The fourth-order valence-corrected chi connectivity index (χ4v) is 1.68. The van der Waals surface area contributed by atoms with E-state index < -0.39 is 12.2 Å². The van der Waals surface area contributed by atoms with Crippen LogP contribution in [-0.2, 0) is 6.61 Å². The third-order valence-corrected chi connectivity index (χ3v) is 2.71. The molecular weight excluding hydrogens is 288 g/mol. The SMILES string of the molecule is Cc1cccc(OCc2ccc(OC(F)(F)F)cc2)c1F. The number of rotatable bonds is 4. The summed E-state index contributed by atoms with van der Waals surface area (Å²) in [6.07, 6.45) is -4.72. The first kappa shape index (κ1) is 15.2. The summed E-state index contributed by atoms with van der Waals surface area (Å²) in [6.45, 7) is 1.66. The van der Waals surface area contributed by atoms with Crippen LogP contribution in [0.5, 0.6) is 11.5 Å². The van der Waals surface area contributed by atoms with Crippen LogP contribution >= 0.6 is 0 Å². The maximum Gasteiger partial charge on any atom is 0.573 e. The summed E-state index contributed by atoms with van der Waals surface area (Å²) in [7, 11) is 0. The quantitative estimate of drug-likeness (QED) is 0.768. The number of aryl methyl sites for hydroxylation is 1. The standard InChI is InChI=1S/C15H12F4O2/c1-10-3-2-4-13(14(10)16)20-9-11-5-7-12(8-6-11)21-15(17,18)19/h2-8H,9H2,1H3. The molecule has 0 radical (unpaired) electrons. The molecule has 0 spiro atoms. The van der Waals surface area contributed by atoms with Crippen LogP contribution in [0.3, 0.4) is 0 Å². The lowest BCUT2D eigenvalue weighted by atomic mass is 10.2. The molecule has 0 aromatic heterocycles. The Bertz CT molecular complexity index is 606. The highest BCUT2D eigenvalue weighted by Gasteiger charge is 2.30. The second kappa shape index (κ2) is 6.03. The predicted molar refractivity (Wildman–Crippen MR) is 68.6 cm³/mol. The summed E-state index contributed by atoms with van der Waals surface area (Å²) in [5.41, 5.74) is 1.06. The van der Waals surface area contributed by atoms with E-state index in [1.165, 1.54) is 30.3 Å². The molecule has 2 aromatic carbocycles. The second-order valence-corrected chi connectivity index (χ2v) is 4.37. The van der Waals surface area contributed by atoms with Gasteiger partial charge in [0.15, 0.2) is 11.6 Å². The van der Waals surface area contributed by atoms with E-state index in [0.717, 1.165) is 0 Å². The van der Waals surface area contributed by atoms with E-state index in [2.05, 4.69) is 4.74 Å². The Balaban J connectivity index is 1.99. The molecule has 0 saturated carbocycles. The van der Waals surface area contributed by atoms with Crippen LogP contribution in [0.4, 0.5) is 17.6 Å². The maximum atomic E-state index is 13.7. The van der Waals surface area contributed by atoms with Gasteiger partial charge in [0.1, 0.15) is 12.4 Å². The van der Waals surface area contributed by atoms with Gasteiger partial charge in [0.2, 0.25) is 0 Å². The molecule has 0 atom stereocenters. The predicted octanol–water partition coefficient (Wildman–Crippen LogP) is 4.61. The van der Waals surface area contributed by atoms with E-state index >= 15 is 0 Å². The highest BCUT2D eigenvalue weighted by Crippen LogP contribution is 2.24. The fraction of sp³-hybridized carbons (Fsp3) is 0.200. The van der Waals surface area contributed by atoms with Crippen molar-refractivity contribution >= 4 is 0 Å². The first-order chi connectivity index (χ1) is 9.85. The van der Waals surface area contributed by atoms with Crippen molar-refractivity contribution in [3.05, 3.63) is 59.4 Å². The van der Waals surface area contributed by atoms with Gasteiger partial charge in [0.05, 0.1) is 0 Å². The van der Waals surface area contributed by atoms with Crippen molar-refractivity contribution in [3.8, 4) is 11.5 Å². The van der Waals surface area contributed by atoms with Crippen molar-refractivity contribution in [3.63, 3.8) is 0 Å². The van der Waals surface area contributed by atoms with Gasteiger partial charge in [0, 0.05) is 0 Å². The zero-order chi connectivity index (χ0) is 15.5. The third kappa shape index (κ3) is 4.37. The molecule has 2 aromatic rings. The van der Waals surface area contributed by atoms with Crippen LogP contribution in [0.25, 0.3) is 0 Å². The van der Waals surface area contributed by atoms with Crippen LogP contribution in [0.1, 0.15) is 11.1 Å². The van der Waals surface area contributed by atoms with Crippen LogP contribution in [0.15, 0.2) is 42.5 Å². The molecule has 0 N–H and O–H groups in total. The van der Waals surface area contributed by atoms with Crippen LogP contribution in [-0.4, -0.2) is 6.36 Å². The smallest absolute Gasteiger partial charge is 0.486 e. The molecule has 112 valence electrons. The molecule has 0 amide bonds. The molecule has 21 heavy (non-hydrogen) atoms. The minimum atomic E-state index is -4.72. The molecular formula is C15H12F4O2. The summed E-state index contributed by atoms with van der Waals surface area (Å²) >= 11 is 0. The Kier molecular flexibility index (Phi) is 4.35. The minimum Gasteiger partial charge on any atom is -0.486 e. The lowest BCUT2D eigenvalue weighted by molar-refractivity contribution is -0.274. The molecule has 0 saturated heterocycles. The topological polar surface area (TPSA) is 18.5 Å². The lowest BCUT2D eigenvalue weighted by Crippen LogP contribution is -2.17. The zero-order valence-corrected chi connectivity index (χ0v) is 11.1. The number of benzene rings is 2. The van der Waals surface area contributed by atoms with Gasteiger partial charge >= 0.3 is 6.36 Å². The number of halogens is 4. The largest absolute Gasteiger partial charge is 0.573 e. The van der Waals surface area contributed by atoms with E-state index in [1.807, 2.05) is 0 Å². The van der Waals surface area contributed by atoms with Gasteiger partial charge in [-0.25, -0.2) is 4.39 Å². The number of alkyl halides is 3. The zero-order valence-electron chi connectivity index (χ0n) is 11.1. The number of ether oxygens (including phenoxy) is 2. The van der Waals surface area contributed by atoms with Crippen molar-refractivity contribution in [2.24, 2.45) is 0 Å². The van der Waals surface area contributed by atoms with Gasteiger partial charge in [-0.2, -0.15) is 0 Å². The summed E-state index contributed by atoms with van der Waals surface area (Å²) in [4.78, 5) is 0. The van der Waals surface area contributed by atoms with Crippen molar-refractivity contribution in [1.82, 2.24) is 0 Å². The van der Waals surface area contributed by atoms with Gasteiger partial charge in [-0.1, -0.05) is 24.3 Å². The summed E-state index contributed by atoms with van der Waals surface area (Å²) in [6, 6.07) is 9.98. The summed E-state index contributed by atoms with van der Waals surface area (Å²) in [5.74, 6) is -0.659. The normalized spacial score (nSPS) is 11.3. The van der Waals surface area contributed by atoms with Crippen LogP contribution in [0.2, 0.25) is 0 Å². The molecule has 0 fully saturated rings. The van der Waals surface area contributed by atoms with Crippen molar-refractivity contribution in [1.29, 1.82) is 0 Å². The van der Waals surface area contributed by atoms with Gasteiger partial charge in [0.25, 0.3) is 0 Å². The molecule has 0 heterocycles. The third-order valence-electron chi connectivity index (χ3n) is 2.71. The summed E-state index contributed by atoms with van der Waals surface area (Å²) in [5, 5.41) is 0. The van der Waals surface area contributed by atoms with Crippen molar-refractivity contribution in [2.45, 2.75) is 19.9 Å². The molecule has 0 unspecified atom stereocenters.